The van der Waals surface area contributed by atoms with Crippen molar-refractivity contribution in [2.45, 2.75) is 5.92 Å². The molecule has 74 valence electrons. The molecule has 1 aromatic carbocycles. The second-order valence-corrected chi connectivity index (χ2v) is 2.39. The number of rotatable bonds is 2. The Morgan fingerprint density at radius 3 is 2.23 bits per heavy atom. The van der Waals surface area contributed by atoms with Crippen molar-refractivity contribution in [1.82, 2.24) is 0 Å². The molecule has 2 N–H and O–H groups in total. The maximum Gasteiger partial charge on any atom is 0.288 e. The summed E-state index contributed by atoms with van der Waals surface area (Å²) in [5.74, 6) is -4.20. The lowest BCUT2D eigenvalue weighted by Crippen LogP contribution is -2.26. The Morgan fingerprint density at radius 2 is 1.77 bits per heavy atom. The van der Waals surface area contributed by atoms with Crippen LogP contribution >= 0.6 is 12.4 Å². The minimum absolute atomic E-state index is 0. The van der Waals surface area contributed by atoms with E-state index in [2.05, 4.69) is 0 Å². The average molecular weight is 212 g/mol. The Morgan fingerprint density at radius 1 is 1.23 bits per heavy atom. The molecule has 0 unspecified atom stereocenters. The van der Waals surface area contributed by atoms with Crippen molar-refractivity contribution in [3.8, 4) is 0 Å². The van der Waals surface area contributed by atoms with Gasteiger partial charge in [-0.3, -0.25) is 0 Å². The monoisotopic (exact) mass is 211 g/mol. The van der Waals surface area contributed by atoms with E-state index in [-0.39, 0.29) is 12.4 Å². The van der Waals surface area contributed by atoms with Gasteiger partial charge in [-0.1, -0.05) is 18.2 Å². The highest BCUT2D eigenvalue weighted by molar-refractivity contribution is 5.85. The van der Waals surface area contributed by atoms with Gasteiger partial charge in [-0.25, -0.2) is 4.39 Å². The first-order valence-corrected chi connectivity index (χ1v) is 3.41. The number of alkyl halides is 2. The second kappa shape index (κ2) is 4.48. The van der Waals surface area contributed by atoms with Gasteiger partial charge in [0.05, 0.1) is 12.1 Å². The van der Waals surface area contributed by atoms with Crippen LogP contribution in [0.1, 0.15) is 5.56 Å². The minimum atomic E-state index is -3.27. The fourth-order valence-electron chi connectivity index (χ4n) is 0.868. The van der Waals surface area contributed by atoms with Crippen LogP contribution in [0.15, 0.2) is 24.3 Å². The van der Waals surface area contributed by atoms with Crippen LogP contribution < -0.4 is 5.73 Å². The third kappa shape index (κ3) is 2.60. The summed E-state index contributed by atoms with van der Waals surface area (Å²) >= 11 is 0. The molecule has 1 rings (SSSR count). The molecule has 0 heterocycles. The zero-order valence-electron chi connectivity index (χ0n) is 6.64. The lowest BCUT2D eigenvalue weighted by Gasteiger charge is -2.14. The van der Waals surface area contributed by atoms with E-state index in [1.54, 1.807) is 0 Å². The predicted octanol–water partition coefficient (Wildman–Crippen LogP) is 2.30. The number of halogens is 4. The maximum absolute atomic E-state index is 12.8. The third-order valence-electron chi connectivity index (χ3n) is 1.52. The van der Waals surface area contributed by atoms with Crippen LogP contribution in [0.5, 0.6) is 0 Å². The highest BCUT2D eigenvalue weighted by Crippen LogP contribution is 2.28. The van der Waals surface area contributed by atoms with E-state index >= 15 is 0 Å². The maximum atomic E-state index is 12.8. The van der Waals surface area contributed by atoms with Gasteiger partial charge in [0.15, 0.2) is 0 Å². The minimum Gasteiger partial charge on any atom is -0.325 e. The van der Waals surface area contributed by atoms with Gasteiger partial charge in [0.2, 0.25) is 0 Å². The van der Waals surface area contributed by atoms with Gasteiger partial charge in [-0.15, -0.1) is 12.4 Å². The van der Waals surface area contributed by atoms with Crippen molar-refractivity contribution in [3.05, 3.63) is 35.6 Å². The summed E-state index contributed by atoms with van der Waals surface area (Å²) in [5, 5.41) is 0. The summed E-state index contributed by atoms with van der Waals surface area (Å²) in [6.07, 6.45) is 0. The first-order chi connectivity index (χ1) is 5.58. The molecular weight excluding hydrogens is 203 g/mol. The molecule has 0 amide bonds. The van der Waals surface area contributed by atoms with Gasteiger partial charge in [-0.05, 0) is 6.07 Å². The van der Waals surface area contributed by atoms with Crippen molar-refractivity contribution in [1.29, 1.82) is 0 Å². The lowest BCUT2D eigenvalue weighted by atomic mass is 10.1. The Balaban J connectivity index is 0.00000144. The van der Waals surface area contributed by atoms with E-state index in [9.17, 15) is 13.2 Å². The molecule has 0 radical (unpaired) electrons. The van der Waals surface area contributed by atoms with Crippen LogP contribution in [-0.2, 0) is 5.92 Å². The first kappa shape index (κ1) is 12.3. The molecule has 13 heavy (non-hydrogen) atoms. The first-order valence-electron chi connectivity index (χ1n) is 3.41. The molecule has 0 aromatic heterocycles. The van der Waals surface area contributed by atoms with Crippen LogP contribution in [0.3, 0.4) is 0 Å². The molecule has 0 atom stereocenters. The van der Waals surface area contributed by atoms with E-state index in [1.807, 2.05) is 0 Å². The lowest BCUT2D eigenvalue weighted by molar-refractivity contribution is 0.00239. The van der Waals surface area contributed by atoms with E-state index in [4.69, 9.17) is 5.73 Å². The van der Waals surface area contributed by atoms with Gasteiger partial charge in [0.25, 0.3) is 5.92 Å². The fraction of sp³-hybridized carbons (Fsp3) is 0.250. The Labute approximate surface area is 80.2 Å². The number of benzene rings is 1. The van der Waals surface area contributed by atoms with Crippen LogP contribution in [0.4, 0.5) is 13.2 Å². The van der Waals surface area contributed by atoms with Crippen molar-refractivity contribution >= 4 is 12.4 Å². The normalized spacial score (nSPS) is 10.8. The standard InChI is InChI=1S/C8H8F3N.ClH/c9-7-4-2-1-3-6(7)8(10,11)5-12;/h1-4H,5,12H2;1H. The molecular formula is C8H9ClF3N. The molecule has 0 fully saturated rings. The Bertz CT molecular complexity index is 278. The summed E-state index contributed by atoms with van der Waals surface area (Å²) in [6, 6.07) is 4.72. The van der Waals surface area contributed by atoms with Crippen molar-refractivity contribution in [3.63, 3.8) is 0 Å². The molecule has 0 bridgehead atoms. The van der Waals surface area contributed by atoms with Crippen LogP contribution in [0, 0.1) is 5.82 Å². The van der Waals surface area contributed by atoms with Gasteiger partial charge < -0.3 is 5.73 Å². The summed E-state index contributed by atoms with van der Waals surface area (Å²) in [6.45, 7) is -0.881. The molecule has 0 aliphatic heterocycles. The number of nitrogens with two attached hydrogens (primary N) is 1. The predicted molar refractivity (Wildman–Crippen MR) is 46.6 cm³/mol. The largest absolute Gasteiger partial charge is 0.325 e. The van der Waals surface area contributed by atoms with E-state index in [1.165, 1.54) is 12.1 Å². The van der Waals surface area contributed by atoms with Crippen LogP contribution in [0.25, 0.3) is 0 Å². The molecule has 0 aliphatic rings. The van der Waals surface area contributed by atoms with E-state index in [0.717, 1.165) is 12.1 Å². The average Bonchev–Trinajstić information content (AvgIpc) is 2.05. The summed E-state index contributed by atoms with van der Waals surface area (Å²) in [7, 11) is 0. The van der Waals surface area contributed by atoms with Gasteiger partial charge >= 0.3 is 0 Å². The molecule has 1 nitrogen and oxygen atoms in total. The smallest absolute Gasteiger partial charge is 0.288 e. The Kier molecular flexibility index (Phi) is 4.23. The Hall–Kier alpha value is -0.740. The highest BCUT2D eigenvalue weighted by Gasteiger charge is 2.32. The molecule has 0 aliphatic carbocycles. The quantitative estimate of drug-likeness (QED) is 0.798. The van der Waals surface area contributed by atoms with Crippen molar-refractivity contribution in [2.24, 2.45) is 5.73 Å². The molecule has 0 saturated carbocycles. The van der Waals surface area contributed by atoms with Crippen molar-refractivity contribution in [2.75, 3.05) is 6.54 Å². The number of hydrogen-bond acceptors (Lipinski definition) is 1. The topological polar surface area (TPSA) is 26.0 Å². The molecule has 0 spiro atoms. The summed E-state index contributed by atoms with van der Waals surface area (Å²) in [4.78, 5) is 0. The van der Waals surface area contributed by atoms with Gasteiger partial charge in [-0.2, -0.15) is 8.78 Å². The van der Waals surface area contributed by atoms with Gasteiger partial charge in [0, 0.05) is 0 Å². The zero-order chi connectivity index (χ0) is 9.19. The van der Waals surface area contributed by atoms with E-state index < -0.39 is 23.8 Å². The zero-order valence-corrected chi connectivity index (χ0v) is 7.45. The van der Waals surface area contributed by atoms with Crippen LogP contribution in [0.2, 0.25) is 0 Å². The SMILES string of the molecule is Cl.NCC(F)(F)c1ccccc1F. The molecule has 5 heteroatoms. The fourth-order valence-corrected chi connectivity index (χ4v) is 0.868. The van der Waals surface area contributed by atoms with Crippen LogP contribution in [-0.4, -0.2) is 6.54 Å². The third-order valence-corrected chi connectivity index (χ3v) is 1.52. The highest BCUT2D eigenvalue weighted by atomic mass is 35.5. The number of hydrogen-bond donors (Lipinski definition) is 1. The summed E-state index contributed by atoms with van der Waals surface area (Å²) in [5.41, 5.74) is 4.14. The molecule has 1 aromatic rings. The van der Waals surface area contributed by atoms with Gasteiger partial charge in [0.1, 0.15) is 5.82 Å². The van der Waals surface area contributed by atoms with E-state index in [0.29, 0.717) is 0 Å². The second-order valence-electron chi connectivity index (χ2n) is 2.39. The van der Waals surface area contributed by atoms with Crippen molar-refractivity contribution < 1.29 is 13.2 Å². The molecule has 0 saturated heterocycles. The summed E-state index contributed by atoms with van der Waals surface area (Å²) < 4.78 is 38.3.